The molecule has 0 saturated carbocycles. The Balaban J connectivity index is 1.75. The van der Waals surface area contributed by atoms with E-state index in [1.165, 1.54) is 18.2 Å². The van der Waals surface area contributed by atoms with Crippen molar-refractivity contribution in [2.24, 2.45) is 0 Å². The summed E-state index contributed by atoms with van der Waals surface area (Å²) in [4.78, 5) is 12.8. The van der Waals surface area contributed by atoms with E-state index in [1.54, 1.807) is 48.3 Å². The number of benzene rings is 3. The SMILES string of the molecule is COc1ccc(-c2nn(-c3ccccc3)cc2C=C(C#N)C(=O)Nc2ccccc2C(F)(F)F)cc1. The number of hydrogen-bond donors (Lipinski definition) is 1. The molecule has 0 aliphatic heterocycles. The molecule has 9 heteroatoms. The van der Waals surface area contributed by atoms with E-state index < -0.39 is 23.3 Å². The number of nitrogens with one attached hydrogen (secondary N) is 1. The molecular weight excluding hydrogens is 469 g/mol. The molecule has 0 saturated heterocycles. The fraction of sp³-hybridized carbons (Fsp3) is 0.0741. The number of aromatic nitrogens is 2. The Morgan fingerprint density at radius 3 is 2.33 bits per heavy atom. The summed E-state index contributed by atoms with van der Waals surface area (Å²) in [5, 5.41) is 16.5. The van der Waals surface area contributed by atoms with Gasteiger partial charge in [0.1, 0.15) is 17.4 Å². The first kappa shape index (κ1) is 24.3. The maximum atomic E-state index is 13.3. The molecule has 0 fully saturated rings. The monoisotopic (exact) mass is 488 g/mol. The fourth-order valence-electron chi connectivity index (χ4n) is 3.51. The van der Waals surface area contributed by atoms with E-state index in [0.29, 0.717) is 22.6 Å². The molecule has 0 unspecified atom stereocenters. The van der Waals surface area contributed by atoms with Gasteiger partial charge in [-0.25, -0.2) is 4.68 Å². The Bertz CT molecular complexity index is 1450. The standard InChI is InChI=1S/C27H19F3N4O2/c1-36-22-13-11-18(12-14-22)25-20(17-34(33-25)21-7-3-2-4-8-21)15-19(16-31)26(35)32-24-10-6-5-9-23(24)27(28,29)30/h2-15,17H,1H3,(H,32,35). The number of rotatable bonds is 6. The van der Waals surface area contributed by atoms with Gasteiger partial charge in [-0.15, -0.1) is 0 Å². The van der Waals surface area contributed by atoms with E-state index in [-0.39, 0.29) is 5.57 Å². The zero-order chi connectivity index (χ0) is 25.7. The van der Waals surface area contributed by atoms with Crippen LogP contribution in [0, 0.1) is 11.3 Å². The highest BCUT2D eigenvalue weighted by molar-refractivity contribution is 6.10. The Labute approximate surface area is 204 Å². The van der Waals surface area contributed by atoms with Gasteiger partial charge in [0, 0.05) is 17.3 Å². The van der Waals surface area contributed by atoms with Gasteiger partial charge >= 0.3 is 6.18 Å². The smallest absolute Gasteiger partial charge is 0.418 e. The van der Waals surface area contributed by atoms with E-state index in [0.717, 1.165) is 17.8 Å². The van der Waals surface area contributed by atoms with Crippen LogP contribution >= 0.6 is 0 Å². The van der Waals surface area contributed by atoms with Crippen LogP contribution in [0.4, 0.5) is 18.9 Å². The lowest BCUT2D eigenvalue weighted by molar-refractivity contribution is -0.137. The third kappa shape index (κ3) is 5.28. The van der Waals surface area contributed by atoms with Gasteiger partial charge in [-0.1, -0.05) is 30.3 Å². The van der Waals surface area contributed by atoms with Crippen LogP contribution in [-0.4, -0.2) is 22.8 Å². The van der Waals surface area contributed by atoms with Crippen molar-refractivity contribution in [3.63, 3.8) is 0 Å². The molecule has 1 heterocycles. The molecule has 0 bridgehead atoms. The largest absolute Gasteiger partial charge is 0.497 e. The second kappa shape index (κ2) is 10.2. The molecule has 1 N–H and O–H groups in total. The molecule has 180 valence electrons. The molecule has 1 amide bonds. The number of para-hydroxylation sites is 2. The van der Waals surface area contributed by atoms with E-state index in [1.807, 2.05) is 30.3 Å². The normalized spacial score (nSPS) is 11.6. The second-order valence-corrected chi connectivity index (χ2v) is 7.61. The van der Waals surface area contributed by atoms with Gasteiger partial charge in [-0.3, -0.25) is 4.79 Å². The summed E-state index contributed by atoms with van der Waals surface area (Å²) in [5.41, 5.74) is 0.510. The maximum absolute atomic E-state index is 13.3. The molecule has 1 aromatic heterocycles. The Hall–Kier alpha value is -4.84. The van der Waals surface area contributed by atoms with Gasteiger partial charge in [0.2, 0.25) is 0 Å². The molecule has 4 aromatic rings. The summed E-state index contributed by atoms with van der Waals surface area (Å²) in [5.74, 6) is -0.332. The van der Waals surface area contributed by atoms with Crippen molar-refractivity contribution in [1.82, 2.24) is 9.78 Å². The molecule has 0 aliphatic carbocycles. The van der Waals surface area contributed by atoms with Crippen molar-refractivity contribution in [1.29, 1.82) is 5.26 Å². The highest BCUT2D eigenvalue weighted by Crippen LogP contribution is 2.35. The van der Waals surface area contributed by atoms with Gasteiger partial charge < -0.3 is 10.1 Å². The number of nitriles is 1. The highest BCUT2D eigenvalue weighted by Gasteiger charge is 2.33. The van der Waals surface area contributed by atoms with E-state index in [9.17, 15) is 23.2 Å². The van der Waals surface area contributed by atoms with Crippen molar-refractivity contribution in [3.05, 3.63) is 102 Å². The summed E-state index contributed by atoms with van der Waals surface area (Å²) in [7, 11) is 1.54. The molecule has 36 heavy (non-hydrogen) atoms. The Morgan fingerprint density at radius 2 is 1.69 bits per heavy atom. The zero-order valence-electron chi connectivity index (χ0n) is 19.0. The van der Waals surface area contributed by atoms with Gasteiger partial charge in [0.15, 0.2) is 0 Å². The first-order chi connectivity index (χ1) is 17.3. The Morgan fingerprint density at radius 1 is 1.03 bits per heavy atom. The first-order valence-corrected chi connectivity index (χ1v) is 10.7. The summed E-state index contributed by atoms with van der Waals surface area (Å²) in [6.45, 7) is 0. The number of nitrogens with zero attached hydrogens (tertiary/aromatic N) is 3. The van der Waals surface area contributed by atoms with Crippen molar-refractivity contribution >= 4 is 17.7 Å². The summed E-state index contributed by atoms with van der Waals surface area (Å²) >= 11 is 0. The molecular formula is C27H19F3N4O2. The van der Waals surface area contributed by atoms with Crippen LogP contribution in [0.15, 0.2) is 90.6 Å². The van der Waals surface area contributed by atoms with Crippen LogP contribution in [0.5, 0.6) is 5.75 Å². The average Bonchev–Trinajstić information content (AvgIpc) is 3.31. The number of hydrogen-bond acceptors (Lipinski definition) is 4. The second-order valence-electron chi connectivity index (χ2n) is 7.61. The van der Waals surface area contributed by atoms with Gasteiger partial charge in [0.05, 0.1) is 29.7 Å². The van der Waals surface area contributed by atoms with E-state index in [4.69, 9.17) is 4.74 Å². The number of carbonyl (C=O) groups excluding carboxylic acids is 1. The van der Waals surface area contributed by atoms with Crippen molar-refractivity contribution in [2.75, 3.05) is 12.4 Å². The minimum absolute atomic E-state index is 0.380. The molecule has 3 aromatic carbocycles. The summed E-state index contributed by atoms with van der Waals surface area (Å²) in [6.07, 6.45) is -1.72. The molecule has 0 radical (unpaired) electrons. The average molecular weight is 488 g/mol. The highest BCUT2D eigenvalue weighted by atomic mass is 19.4. The summed E-state index contributed by atoms with van der Waals surface area (Å²) < 4.78 is 46.8. The van der Waals surface area contributed by atoms with Crippen LogP contribution < -0.4 is 10.1 Å². The molecule has 0 spiro atoms. The number of anilines is 1. The van der Waals surface area contributed by atoms with Gasteiger partial charge in [-0.2, -0.15) is 23.5 Å². The van der Waals surface area contributed by atoms with Crippen molar-refractivity contribution in [2.45, 2.75) is 6.18 Å². The lowest BCUT2D eigenvalue weighted by Crippen LogP contribution is -2.17. The quantitative estimate of drug-likeness (QED) is 0.262. The van der Waals surface area contributed by atoms with Crippen LogP contribution in [0.25, 0.3) is 23.0 Å². The topological polar surface area (TPSA) is 79.9 Å². The molecule has 6 nitrogen and oxygen atoms in total. The predicted molar refractivity (Wildman–Crippen MR) is 129 cm³/mol. The lowest BCUT2D eigenvalue weighted by atomic mass is 10.1. The first-order valence-electron chi connectivity index (χ1n) is 10.7. The molecule has 0 atom stereocenters. The number of alkyl halides is 3. The minimum Gasteiger partial charge on any atom is -0.497 e. The number of ether oxygens (including phenoxy) is 1. The molecule has 0 aliphatic rings. The van der Waals surface area contributed by atoms with Crippen LogP contribution in [0.3, 0.4) is 0 Å². The third-order valence-electron chi connectivity index (χ3n) is 5.27. The van der Waals surface area contributed by atoms with Crippen molar-refractivity contribution < 1.29 is 22.7 Å². The van der Waals surface area contributed by atoms with Crippen molar-refractivity contribution in [3.8, 4) is 28.8 Å². The van der Waals surface area contributed by atoms with Crippen LogP contribution in [0.1, 0.15) is 11.1 Å². The zero-order valence-corrected chi connectivity index (χ0v) is 19.0. The van der Waals surface area contributed by atoms with E-state index >= 15 is 0 Å². The fourth-order valence-corrected chi connectivity index (χ4v) is 3.51. The minimum atomic E-state index is -4.67. The number of methoxy groups -OCH3 is 1. The number of carbonyl (C=O) groups is 1. The van der Waals surface area contributed by atoms with Crippen LogP contribution in [-0.2, 0) is 11.0 Å². The lowest BCUT2D eigenvalue weighted by Gasteiger charge is -2.13. The van der Waals surface area contributed by atoms with E-state index in [2.05, 4.69) is 10.4 Å². The number of halogens is 3. The van der Waals surface area contributed by atoms with Gasteiger partial charge in [-0.05, 0) is 54.6 Å². The third-order valence-corrected chi connectivity index (χ3v) is 5.27. The summed E-state index contributed by atoms with van der Waals surface area (Å²) in [6, 6.07) is 22.6. The van der Waals surface area contributed by atoms with Gasteiger partial charge in [0.25, 0.3) is 5.91 Å². The Kier molecular flexibility index (Phi) is 6.88. The predicted octanol–water partition coefficient (Wildman–Crippen LogP) is 6.11. The number of amides is 1. The maximum Gasteiger partial charge on any atom is 0.418 e. The molecule has 4 rings (SSSR count). The van der Waals surface area contributed by atoms with Crippen LogP contribution in [0.2, 0.25) is 0 Å².